The van der Waals surface area contributed by atoms with Crippen LogP contribution in [-0.4, -0.2) is 13.7 Å². The third kappa shape index (κ3) is 3.63. The first-order valence-corrected chi connectivity index (χ1v) is 7.01. The van der Waals surface area contributed by atoms with Gasteiger partial charge in [-0.3, -0.25) is 0 Å². The highest BCUT2D eigenvalue weighted by atomic mass is 79.9. The van der Waals surface area contributed by atoms with E-state index in [1.54, 1.807) is 13.2 Å². The summed E-state index contributed by atoms with van der Waals surface area (Å²) in [5, 5.41) is 3.20. The third-order valence-electron chi connectivity index (χ3n) is 2.97. The molecule has 0 atom stereocenters. The largest absolute Gasteiger partial charge is 0.496 e. The van der Waals surface area contributed by atoms with Crippen LogP contribution >= 0.6 is 15.9 Å². The number of halogens is 2. The topological polar surface area (TPSA) is 47.3 Å². The molecule has 2 rings (SSSR count). The molecule has 2 aromatic rings. The number of benzene rings is 2. The molecule has 0 unspecified atom stereocenters. The second kappa shape index (κ2) is 6.61. The lowest BCUT2D eigenvalue weighted by Gasteiger charge is -2.12. The molecule has 3 nitrogen and oxygen atoms in total. The van der Waals surface area contributed by atoms with E-state index < -0.39 is 0 Å². The predicted molar refractivity (Wildman–Crippen MR) is 83.7 cm³/mol. The van der Waals surface area contributed by atoms with Gasteiger partial charge < -0.3 is 15.8 Å². The summed E-state index contributed by atoms with van der Waals surface area (Å²) in [6.07, 6.45) is 0.777. The van der Waals surface area contributed by atoms with Crippen molar-refractivity contribution in [2.45, 2.75) is 6.42 Å². The summed E-state index contributed by atoms with van der Waals surface area (Å²) >= 11 is 3.44. The first kappa shape index (κ1) is 14.7. The van der Waals surface area contributed by atoms with Crippen molar-refractivity contribution in [2.24, 2.45) is 0 Å². The lowest BCUT2D eigenvalue weighted by atomic mass is 10.1. The van der Waals surface area contributed by atoms with Gasteiger partial charge in [-0.1, -0.05) is 15.9 Å². The van der Waals surface area contributed by atoms with Gasteiger partial charge in [0.05, 0.1) is 18.5 Å². The highest BCUT2D eigenvalue weighted by molar-refractivity contribution is 9.10. The van der Waals surface area contributed by atoms with E-state index in [0.29, 0.717) is 12.2 Å². The normalized spacial score (nSPS) is 10.3. The number of nitrogens with one attached hydrogen (secondary N) is 1. The van der Waals surface area contributed by atoms with E-state index in [4.69, 9.17) is 10.5 Å². The molecule has 0 heterocycles. The Morgan fingerprint density at radius 1 is 1.25 bits per heavy atom. The van der Waals surface area contributed by atoms with Crippen molar-refractivity contribution in [3.8, 4) is 5.75 Å². The van der Waals surface area contributed by atoms with Crippen molar-refractivity contribution in [2.75, 3.05) is 24.7 Å². The minimum Gasteiger partial charge on any atom is -0.496 e. The van der Waals surface area contributed by atoms with Gasteiger partial charge in [0.15, 0.2) is 0 Å². The molecule has 0 saturated heterocycles. The maximum Gasteiger partial charge on any atom is 0.125 e. The van der Waals surface area contributed by atoms with Crippen molar-refractivity contribution in [3.05, 3.63) is 52.3 Å². The van der Waals surface area contributed by atoms with Crippen LogP contribution in [0.1, 0.15) is 5.56 Å². The highest BCUT2D eigenvalue weighted by Crippen LogP contribution is 2.24. The van der Waals surface area contributed by atoms with Gasteiger partial charge >= 0.3 is 0 Å². The second-order valence-corrected chi connectivity index (χ2v) is 5.28. The molecule has 5 heteroatoms. The number of rotatable bonds is 5. The Labute approximate surface area is 126 Å². The Kier molecular flexibility index (Phi) is 4.84. The number of anilines is 2. The van der Waals surface area contributed by atoms with E-state index >= 15 is 0 Å². The van der Waals surface area contributed by atoms with Crippen LogP contribution in [-0.2, 0) is 6.42 Å². The van der Waals surface area contributed by atoms with Crippen molar-refractivity contribution in [3.63, 3.8) is 0 Å². The average Bonchev–Trinajstić information content (AvgIpc) is 2.41. The van der Waals surface area contributed by atoms with Gasteiger partial charge in [0.1, 0.15) is 11.6 Å². The molecular weight excluding hydrogens is 323 g/mol. The fraction of sp³-hybridized carbons (Fsp3) is 0.200. The van der Waals surface area contributed by atoms with E-state index in [-0.39, 0.29) is 5.82 Å². The Bertz CT molecular complexity index is 604. The summed E-state index contributed by atoms with van der Waals surface area (Å²) in [6, 6.07) is 10.2. The summed E-state index contributed by atoms with van der Waals surface area (Å²) in [6.45, 7) is 0.683. The van der Waals surface area contributed by atoms with E-state index in [9.17, 15) is 4.39 Å². The van der Waals surface area contributed by atoms with Crippen LogP contribution in [0.15, 0.2) is 40.9 Å². The van der Waals surface area contributed by atoms with E-state index in [1.165, 1.54) is 12.1 Å². The average molecular weight is 339 g/mol. The van der Waals surface area contributed by atoms with E-state index in [2.05, 4.69) is 21.2 Å². The van der Waals surface area contributed by atoms with Crippen molar-refractivity contribution < 1.29 is 9.13 Å². The summed E-state index contributed by atoms with van der Waals surface area (Å²) in [7, 11) is 1.65. The number of nitrogens with two attached hydrogens (primary N) is 1. The van der Waals surface area contributed by atoms with Crippen molar-refractivity contribution in [1.29, 1.82) is 0 Å². The quantitative estimate of drug-likeness (QED) is 0.814. The molecule has 0 aliphatic heterocycles. The lowest BCUT2D eigenvalue weighted by Crippen LogP contribution is -2.08. The molecule has 3 N–H and O–H groups in total. The van der Waals surface area contributed by atoms with Gasteiger partial charge in [0.25, 0.3) is 0 Å². The van der Waals surface area contributed by atoms with Gasteiger partial charge in [-0.15, -0.1) is 0 Å². The molecule has 0 bridgehead atoms. The lowest BCUT2D eigenvalue weighted by molar-refractivity contribution is 0.410. The van der Waals surface area contributed by atoms with Crippen LogP contribution in [0.3, 0.4) is 0 Å². The molecule has 0 spiro atoms. The van der Waals surface area contributed by atoms with Gasteiger partial charge in [-0.25, -0.2) is 4.39 Å². The molecule has 0 aliphatic rings. The van der Waals surface area contributed by atoms with Crippen LogP contribution in [0, 0.1) is 5.82 Å². The number of methoxy groups -OCH3 is 1. The SMILES string of the molecule is COc1ccc(Br)cc1CCNc1ccc(F)cc1N. The first-order valence-electron chi connectivity index (χ1n) is 6.21. The zero-order chi connectivity index (χ0) is 14.5. The van der Waals surface area contributed by atoms with E-state index in [0.717, 1.165) is 27.9 Å². The Balaban J connectivity index is 2.01. The van der Waals surface area contributed by atoms with Crippen molar-refractivity contribution in [1.82, 2.24) is 0 Å². The van der Waals surface area contributed by atoms with Crippen LogP contribution in [0.2, 0.25) is 0 Å². The maximum atomic E-state index is 12.9. The zero-order valence-corrected chi connectivity index (χ0v) is 12.7. The molecule has 0 amide bonds. The predicted octanol–water partition coefficient (Wildman–Crippen LogP) is 3.83. The van der Waals surface area contributed by atoms with Crippen LogP contribution in [0.5, 0.6) is 5.75 Å². The second-order valence-electron chi connectivity index (χ2n) is 4.36. The summed E-state index contributed by atoms with van der Waals surface area (Å²) in [5.41, 5.74) is 7.98. The minimum atomic E-state index is -0.332. The van der Waals surface area contributed by atoms with Gasteiger partial charge in [-0.05, 0) is 48.4 Å². The molecule has 0 aliphatic carbocycles. The highest BCUT2D eigenvalue weighted by Gasteiger charge is 2.05. The number of hydrogen-bond donors (Lipinski definition) is 2. The molecule has 0 fully saturated rings. The maximum absolute atomic E-state index is 12.9. The van der Waals surface area contributed by atoms with Crippen LogP contribution in [0.25, 0.3) is 0 Å². The van der Waals surface area contributed by atoms with Gasteiger partial charge in [-0.2, -0.15) is 0 Å². The van der Waals surface area contributed by atoms with E-state index in [1.807, 2.05) is 18.2 Å². The first-order chi connectivity index (χ1) is 9.60. The third-order valence-corrected chi connectivity index (χ3v) is 3.46. The Morgan fingerprint density at radius 3 is 2.75 bits per heavy atom. The number of hydrogen-bond acceptors (Lipinski definition) is 3. The molecule has 106 valence electrons. The molecule has 2 aromatic carbocycles. The zero-order valence-electron chi connectivity index (χ0n) is 11.1. The fourth-order valence-electron chi connectivity index (χ4n) is 1.97. The smallest absolute Gasteiger partial charge is 0.125 e. The minimum absolute atomic E-state index is 0.332. The Hall–Kier alpha value is -1.75. The van der Waals surface area contributed by atoms with Crippen LogP contribution < -0.4 is 15.8 Å². The Morgan fingerprint density at radius 2 is 2.05 bits per heavy atom. The van der Waals surface area contributed by atoms with Gasteiger partial charge in [0.2, 0.25) is 0 Å². The summed E-state index contributed by atoms with van der Waals surface area (Å²) in [5.74, 6) is 0.517. The molecule has 0 saturated carbocycles. The fourth-order valence-corrected chi connectivity index (χ4v) is 2.38. The monoisotopic (exact) mass is 338 g/mol. The summed E-state index contributed by atoms with van der Waals surface area (Å²) in [4.78, 5) is 0. The molecular formula is C15H16BrFN2O. The molecule has 0 radical (unpaired) electrons. The van der Waals surface area contributed by atoms with Crippen molar-refractivity contribution >= 4 is 27.3 Å². The molecule has 0 aromatic heterocycles. The summed E-state index contributed by atoms with van der Waals surface area (Å²) < 4.78 is 19.3. The van der Waals surface area contributed by atoms with Gasteiger partial charge in [0, 0.05) is 11.0 Å². The number of ether oxygens (including phenoxy) is 1. The standard InChI is InChI=1S/C15H16BrFN2O/c1-20-15-5-2-11(16)8-10(15)6-7-19-14-4-3-12(17)9-13(14)18/h2-5,8-9,19H,6-7,18H2,1H3. The number of nitrogen functional groups attached to an aromatic ring is 1. The van der Waals surface area contributed by atoms with Crippen LogP contribution in [0.4, 0.5) is 15.8 Å². The molecule has 20 heavy (non-hydrogen) atoms.